The molecule has 1 rings (SSSR count). The van der Waals surface area contributed by atoms with E-state index in [1.54, 1.807) is 0 Å². The van der Waals surface area contributed by atoms with E-state index in [4.69, 9.17) is 10.5 Å². The van der Waals surface area contributed by atoms with Crippen LogP contribution in [0.5, 0.6) is 0 Å². The van der Waals surface area contributed by atoms with Gasteiger partial charge in [0.25, 0.3) is 0 Å². The molecule has 0 aromatic heterocycles. The van der Waals surface area contributed by atoms with Gasteiger partial charge in [0, 0.05) is 13.7 Å². The molecular formula is C13H28N2O. The van der Waals surface area contributed by atoms with Crippen LogP contribution in [0.2, 0.25) is 0 Å². The van der Waals surface area contributed by atoms with Crippen LogP contribution in [0, 0.1) is 5.92 Å². The van der Waals surface area contributed by atoms with Crippen LogP contribution >= 0.6 is 0 Å². The molecule has 1 heterocycles. The van der Waals surface area contributed by atoms with Gasteiger partial charge in [0.05, 0.1) is 5.60 Å². The molecule has 0 spiro atoms. The van der Waals surface area contributed by atoms with Crippen molar-refractivity contribution < 1.29 is 4.74 Å². The molecule has 96 valence electrons. The van der Waals surface area contributed by atoms with E-state index in [1.807, 2.05) is 7.11 Å². The van der Waals surface area contributed by atoms with Crippen LogP contribution in [0.1, 0.15) is 39.5 Å². The molecule has 3 nitrogen and oxygen atoms in total. The second kappa shape index (κ2) is 6.58. The van der Waals surface area contributed by atoms with E-state index in [9.17, 15) is 0 Å². The molecule has 1 fully saturated rings. The van der Waals surface area contributed by atoms with Crippen molar-refractivity contribution in [2.24, 2.45) is 11.7 Å². The largest absolute Gasteiger partial charge is 0.377 e. The van der Waals surface area contributed by atoms with Gasteiger partial charge in [0.2, 0.25) is 0 Å². The Kier molecular flexibility index (Phi) is 5.73. The first-order valence-electron chi connectivity index (χ1n) is 6.57. The molecule has 2 N–H and O–H groups in total. The van der Waals surface area contributed by atoms with Crippen LogP contribution in [0.25, 0.3) is 0 Å². The minimum absolute atomic E-state index is 0.0811. The molecule has 0 aliphatic carbocycles. The smallest absolute Gasteiger partial charge is 0.0777 e. The maximum atomic E-state index is 5.62. The summed E-state index contributed by atoms with van der Waals surface area (Å²) in [5, 5.41) is 0. The van der Waals surface area contributed by atoms with E-state index in [-0.39, 0.29) is 5.60 Å². The van der Waals surface area contributed by atoms with Gasteiger partial charge >= 0.3 is 0 Å². The number of nitrogens with zero attached hydrogens (tertiary/aromatic N) is 1. The number of piperidine rings is 1. The molecule has 0 aromatic rings. The molecule has 2 atom stereocenters. The first-order valence-corrected chi connectivity index (χ1v) is 6.57. The van der Waals surface area contributed by atoms with Crippen LogP contribution in [-0.2, 0) is 4.74 Å². The van der Waals surface area contributed by atoms with Gasteiger partial charge in [-0.3, -0.25) is 0 Å². The van der Waals surface area contributed by atoms with Crippen molar-refractivity contribution in [3.63, 3.8) is 0 Å². The number of nitrogens with two attached hydrogens (primary N) is 1. The average Bonchev–Trinajstić information content (AvgIpc) is 2.29. The highest BCUT2D eigenvalue weighted by atomic mass is 16.5. The first kappa shape index (κ1) is 13.9. The summed E-state index contributed by atoms with van der Waals surface area (Å²) in [5.74, 6) is 0.665. The quantitative estimate of drug-likeness (QED) is 0.754. The number of likely N-dealkylation sites (tertiary alicyclic amines) is 1. The minimum Gasteiger partial charge on any atom is -0.377 e. The third-order valence-corrected chi connectivity index (χ3v) is 3.80. The van der Waals surface area contributed by atoms with Gasteiger partial charge in [0.15, 0.2) is 0 Å². The van der Waals surface area contributed by atoms with Crippen molar-refractivity contribution in [2.75, 3.05) is 33.3 Å². The van der Waals surface area contributed by atoms with Crippen molar-refractivity contribution in [1.82, 2.24) is 4.90 Å². The third-order valence-electron chi connectivity index (χ3n) is 3.80. The standard InChI is InChI=1S/C13H28N2O/c1-12(10-14)6-4-8-15-9-5-7-13(2,11-15)16-3/h12H,4-11,14H2,1-3H3. The lowest BCUT2D eigenvalue weighted by atomic mass is 9.94. The average molecular weight is 228 g/mol. The molecule has 2 unspecified atom stereocenters. The highest BCUT2D eigenvalue weighted by Crippen LogP contribution is 2.24. The topological polar surface area (TPSA) is 38.5 Å². The van der Waals surface area contributed by atoms with Gasteiger partial charge in [-0.15, -0.1) is 0 Å². The fraction of sp³-hybridized carbons (Fsp3) is 1.00. The Hall–Kier alpha value is -0.120. The van der Waals surface area contributed by atoms with E-state index in [0.717, 1.165) is 13.1 Å². The molecule has 0 amide bonds. The second-order valence-corrected chi connectivity index (χ2v) is 5.52. The summed E-state index contributed by atoms with van der Waals surface area (Å²) in [6, 6.07) is 0. The monoisotopic (exact) mass is 228 g/mol. The molecular weight excluding hydrogens is 200 g/mol. The van der Waals surface area contributed by atoms with Crippen molar-refractivity contribution in [1.29, 1.82) is 0 Å². The summed E-state index contributed by atoms with van der Waals surface area (Å²) in [6.07, 6.45) is 4.96. The Morgan fingerprint density at radius 1 is 1.50 bits per heavy atom. The van der Waals surface area contributed by atoms with Crippen LogP contribution in [0.4, 0.5) is 0 Å². The van der Waals surface area contributed by atoms with Gasteiger partial charge in [-0.25, -0.2) is 0 Å². The van der Waals surface area contributed by atoms with Gasteiger partial charge in [-0.2, -0.15) is 0 Å². The summed E-state index contributed by atoms with van der Waals surface area (Å²) in [7, 11) is 1.83. The lowest BCUT2D eigenvalue weighted by Gasteiger charge is -2.39. The highest BCUT2D eigenvalue weighted by molar-refractivity contribution is 4.84. The number of ether oxygens (including phenoxy) is 1. The Balaban J connectivity index is 2.22. The molecule has 0 aromatic carbocycles. The van der Waals surface area contributed by atoms with E-state index in [2.05, 4.69) is 18.7 Å². The van der Waals surface area contributed by atoms with Crippen LogP contribution in [-0.4, -0.2) is 43.8 Å². The first-order chi connectivity index (χ1) is 7.59. The highest BCUT2D eigenvalue weighted by Gasteiger charge is 2.30. The zero-order chi connectivity index (χ0) is 12.0. The normalized spacial score (nSPS) is 29.2. The predicted molar refractivity (Wildman–Crippen MR) is 68.5 cm³/mol. The van der Waals surface area contributed by atoms with E-state index in [1.165, 1.54) is 38.8 Å². The number of hydrogen-bond acceptors (Lipinski definition) is 3. The molecule has 0 saturated carbocycles. The van der Waals surface area contributed by atoms with Crippen molar-refractivity contribution in [3.8, 4) is 0 Å². The SMILES string of the molecule is COC1(C)CCCN(CCCC(C)CN)C1. The summed E-state index contributed by atoms with van der Waals surface area (Å²) < 4.78 is 5.60. The Bertz CT molecular complexity index is 198. The zero-order valence-corrected chi connectivity index (χ0v) is 11.2. The van der Waals surface area contributed by atoms with Gasteiger partial charge in [0.1, 0.15) is 0 Å². The van der Waals surface area contributed by atoms with Crippen molar-refractivity contribution in [3.05, 3.63) is 0 Å². The van der Waals surface area contributed by atoms with Crippen LogP contribution in [0.3, 0.4) is 0 Å². The number of rotatable bonds is 6. The predicted octanol–water partition coefficient (Wildman–Crippen LogP) is 1.86. The molecule has 1 saturated heterocycles. The van der Waals surface area contributed by atoms with Gasteiger partial charge < -0.3 is 15.4 Å². The lowest BCUT2D eigenvalue weighted by Crippen LogP contribution is -2.47. The van der Waals surface area contributed by atoms with Crippen LogP contribution < -0.4 is 5.73 Å². The summed E-state index contributed by atoms with van der Waals surface area (Å²) >= 11 is 0. The summed E-state index contributed by atoms with van der Waals surface area (Å²) in [6.45, 7) is 8.78. The maximum Gasteiger partial charge on any atom is 0.0777 e. The van der Waals surface area contributed by atoms with Crippen LogP contribution in [0.15, 0.2) is 0 Å². The Morgan fingerprint density at radius 3 is 2.88 bits per heavy atom. The van der Waals surface area contributed by atoms with E-state index >= 15 is 0 Å². The zero-order valence-electron chi connectivity index (χ0n) is 11.2. The number of methoxy groups -OCH3 is 1. The molecule has 1 aliphatic heterocycles. The van der Waals surface area contributed by atoms with Gasteiger partial charge in [-0.05, 0) is 58.2 Å². The fourth-order valence-corrected chi connectivity index (χ4v) is 2.45. The summed E-state index contributed by atoms with van der Waals surface area (Å²) in [4.78, 5) is 2.54. The molecule has 3 heteroatoms. The van der Waals surface area contributed by atoms with E-state index in [0.29, 0.717) is 5.92 Å². The second-order valence-electron chi connectivity index (χ2n) is 5.52. The lowest BCUT2D eigenvalue weighted by molar-refractivity contribution is -0.0509. The Labute approximate surface area is 100 Å². The van der Waals surface area contributed by atoms with Crippen molar-refractivity contribution in [2.45, 2.75) is 45.1 Å². The molecule has 0 bridgehead atoms. The van der Waals surface area contributed by atoms with E-state index < -0.39 is 0 Å². The number of hydrogen-bond donors (Lipinski definition) is 1. The molecule has 1 aliphatic rings. The maximum absolute atomic E-state index is 5.62. The summed E-state index contributed by atoms with van der Waals surface area (Å²) in [5.41, 5.74) is 5.70. The molecule has 16 heavy (non-hydrogen) atoms. The molecule has 0 radical (unpaired) electrons. The fourth-order valence-electron chi connectivity index (χ4n) is 2.45. The minimum atomic E-state index is 0.0811. The van der Waals surface area contributed by atoms with Crippen molar-refractivity contribution >= 4 is 0 Å². The third kappa shape index (κ3) is 4.40. The Morgan fingerprint density at radius 2 is 2.25 bits per heavy atom. The van der Waals surface area contributed by atoms with Gasteiger partial charge in [-0.1, -0.05) is 6.92 Å².